The molecule has 0 saturated carbocycles. The summed E-state index contributed by atoms with van der Waals surface area (Å²) in [5, 5.41) is 8.97. The van der Waals surface area contributed by atoms with Gasteiger partial charge in [0, 0.05) is 9.80 Å². The first-order valence-electron chi connectivity index (χ1n) is 6.98. The third-order valence-corrected chi connectivity index (χ3v) is 4.98. The average molecular weight is 424 g/mol. The average Bonchev–Trinajstić information content (AvgIpc) is 2.51. The summed E-state index contributed by atoms with van der Waals surface area (Å²) < 4.78 is 2.04. The molecular formula is C18H17IO2S. The van der Waals surface area contributed by atoms with Gasteiger partial charge in [0.2, 0.25) is 0 Å². The molecular weight excluding hydrogens is 407 g/mol. The van der Waals surface area contributed by atoms with E-state index in [4.69, 9.17) is 5.11 Å². The number of aromatic carboxylic acids is 1. The third kappa shape index (κ3) is 4.36. The number of hydrogen-bond acceptors (Lipinski definition) is 2. The Morgan fingerprint density at radius 3 is 2.59 bits per heavy atom. The smallest absolute Gasteiger partial charge is 0.335 e. The van der Waals surface area contributed by atoms with E-state index in [9.17, 15) is 4.79 Å². The van der Waals surface area contributed by atoms with E-state index in [0.717, 1.165) is 24.2 Å². The van der Waals surface area contributed by atoms with Crippen molar-refractivity contribution in [2.75, 3.05) is 0 Å². The lowest BCUT2D eigenvalue weighted by Crippen LogP contribution is -2.00. The second kappa shape index (κ2) is 8.39. The van der Waals surface area contributed by atoms with Crippen molar-refractivity contribution in [2.45, 2.75) is 24.2 Å². The number of benzene rings is 1. The second-order valence-corrected chi connectivity index (χ2v) is 6.66. The molecule has 0 fully saturated rings. The number of carboxylic acids is 1. The van der Waals surface area contributed by atoms with Crippen molar-refractivity contribution in [3.63, 3.8) is 0 Å². The van der Waals surface area contributed by atoms with Crippen LogP contribution in [-0.4, -0.2) is 11.1 Å². The first kappa shape index (κ1) is 17.1. The van der Waals surface area contributed by atoms with Crippen molar-refractivity contribution in [3.05, 3.63) is 74.8 Å². The van der Waals surface area contributed by atoms with Gasteiger partial charge in [0.15, 0.2) is 0 Å². The molecule has 0 atom stereocenters. The molecule has 0 aliphatic heterocycles. The number of hydrogen-bond donors (Lipinski definition) is 1. The Kier molecular flexibility index (Phi) is 6.51. The van der Waals surface area contributed by atoms with Crippen molar-refractivity contribution < 1.29 is 9.90 Å². The predicted octanol–water partition coefficient (Wildman–Crippen LogP) is 5.98. The van der Waals surface area contributed by atoms with Gasteiger partial charge in [-0.25, -0.2) is 4.79 Å². The van der Waals surface area contributed by atoms with Crippen molar-refractivity contribution in [1.29, 1.82) is 0 Å². The van der Waals surface area contributed by atoms with Gasteiger partial charge >= 0.3 is 5.97 Å². The zero-order valence-corrected chi connectivity index (χ0v) is 15.1. The van der Waals surface area contributed by atoms with E-state index in [1.54, 1.807) is 23.9 Å². The molecule has 0 spiro atoms. The molecule has 2 rings (SSSR count). The number of halogens is 1. The van der Waals surface area contributed by atoms with E-state index in [2.05, 4.69) is 41.3 Å². The van der Waals surface area contributed by atoms with E-state index in [1.165, 1.54) is 16.1 Å². The summed E-state index contributed by atoms with van der Waals surface area (Å²) in [7, 11) is 0. The molecule has 0 unspecified atom stereocenters. The van der Waals surface area contributed by atoms with Gasteiger partial charge in [0.25, 0.3) is 0 Å². The van der Waals surface area contributed by atoms with Crippen LogP contribution in [0.4, 0.5) is 0 Å². The quantitative estimate of drug-likeness (QED) is 0.592. The van der Waals surface area contributed by atoms with E-state index in [-0.39, 0.29) is 0 Å². The van der Waals surface area contributed by atoms with Gasteiger partial charge in [-0.15, -0.1) is 0 Å². The molecule has 1 aromatic rings. The normalized spacial score (nSPS) is 17.2. The zero-order valence-electron chi connectivity index (χ0n) is 12.1. The molecule has 1 aliphatic carbocycles. The van der Waals surface area contributed by atoms with Crippen LogP contribution in [0.25, 0.3) is 0 Å². The van der Waals surface area contributed by atoms with Gasteiger partial charge in [0.05, 0.1) is 5.56 Å². The van der Waals surface area contributed by atoms with Gasteiger partial charge in [-0.1, -0.05) is 59.2 Å². The highest BCUT2D eigenvalue weighted by Gasteiger charge is 2.17. The monoisotopic (exact) mass is 424 g/mol. The summed E-state index contributed by atoms with van der Waals surface area (Å²) in [5.74, 6) is -0.894. The highest BCUT2D eigenvalue weighted by Crippen LogP contribution is 2.41. The molecule has 0 radical (unpaired) electrons. The molecule has 1 aromatic carbocycles. The highest BCUT2D eigenvalue weighted by atomic mass is 127. The zero-order chi connectivity index (χ0) is 15.9. The Labute approximate surface area is 148 Å². The van der Waals surface area contributed by atoms with E-state index < -0.39 is 5.97 Å². The molecule has 1 aliphatic rings. The lowest BCUT2D eigenvalue weighted by Gasteiger charge is -2.21. The molecule has 22 heavy (non-hydrogen) atoms. The van der Waals surface area contributed by atoms with Crippen LogP contribution in [0.15, 0.2) is 74.1 Å². The SMILES string of the molecule is C=C/C=C1\CCCC(/C=C/I)=C1Sc1ccc(C(=O)O)cc1. The Morgan fingerprint density at radius 2 is 2.00 bits per heavy atom. The lowest BCUT2D eigenvalue weighted by atomic mass is 9.94. The maximum Gasteiger partial charge on any atom is 0.335 e. The molecule has 0 heterocycles. The van der Waals surface area contributed by atoms with Crippen LogP contribution >= 0.6 is 34.4 Å². The highest BCUT2D eigenvalue weighted by molar-refractivity contribution is 14.1. The first-order chi connectivity index (χ1) is 10.7. The van der Waals surface area contributed by atoms with Crippen molar-refractivity contribution in [3.8, 4) is 0 Å². The first-order valence-corrected chi connectivity index (χ1v) is 9.05. The molecule has 0 amide bonds. The van der Waals surface area contributed by atoms with Crippen LogP contribution in [0, 0.1) is 0 Å². The molecule has 114 valence electrons. The molecule has 0 aromatic heterocycles. The lowest BCUT2D eigenvalue weighted by molar-refractivity contribution is 0.0697. The van der Waals surface area contributed by atoms with Gasteiger partial charge in [-0.2, -0.15) is 0 Å². The number of carbonyl (C=O) groups is 1. The van der Waals surface area contributed by atoms with Crippen LogP contribution in [0.1, 0.15) is 29.6 Å². The number of thioether (sulfide) groups is 1. The minimum Gasteiger partial charge on any atom is -0.478 e. The fourth-order valence-corrected chi connectivity index (χ4v) is 3.90. The van der Waals surface area contributed by atoms with Gasteiger partial charge < -0.3 is 5.11 Å². The standard InChI is InChI=1S/C18H17IO2S/c1-2-4-13-5-3-6-14(11-12-19)17(13)22-16-9-7-15(8-10-16)18(20)21/h2,4,7-12H,1,3,5-6H2,(H,20,21)/b12-11+,13-4+. The fraction of sp³-hybridized carbons (Fsp3) is 0.167. The van der Waals surface area contributed by atoms with Crippen LogP contribution in [0.2, 0.25) is 0 Å². The van der Waals surface area contributed by atoms with E-state index in [0.29, 0.717) is 5.56 Å². The summed E-state index contributed by atoms with van der Waals surface area (Å²) in [5.41, 5.74) is 2.95. The van der Waals surface area contributed by atoms with Crippen LogP contribution in [-0.2, 0) is 0 Å². The Morgan fingerprint density at radius 1 is 1.27 bits per heavy atom. The fourth-order valence-electron chi connectivity index (χ4n) is 2.35. The topological polar surface area (TPSA) is 37.3 Å². The van der Waals surface area contributed by atoms with Crippen LogP contribution in [0.5, 0.6) is 0 Å². The van der Waals surface area contributed by atoms with Crippen molar-refractivity contribution >= 4 is 40.3 Å². The summed E-state index contributed by atoms with van der Waals surface area (Å²) >= 11 is 3.94. The van der Waals surface area contributed by atoms with Crippen LogP contribution < -0.4 is 0 Å². The minimum absolute atomic E-state index is 0.316. The number of carboxylic acid groups (broad SMARTS) is 1. The summed E-state index contributed by atoms with van der Waals surface area (Å²) in [6.07, 6.45) is 9.35. The molecule has 1 N–H and O–H groups in total. The second-order valence-electron chi connectivity index (χ2n) is 4.86. The van der Waals surface area contributed by atoms with Crippen molar-refractivity contribution in [2.24, 2.45) is 0 Å². The van der Waals surface area contributed by atoms with E-state index >= 15 is 0 Å². The Balaban J connectivity index is 2.34. The summed E-state index contributed by atoms with van der Waals surface area (Å²) in [6.45, 7) is 3.81. The molecule has 4 heteroatoms. The number of rotatable bonds is 5. The predicted molar refractivity (Wildman–Crippen MR) is 102 cm³/mol. The molecule has 0 saturated heterocycles. The maximum absolute atomic E-state index is 10.9. The molecule has 0 bridgehead atoms. The summed E-state index contributed by atoms with van der Waals surface area (Å²) in [6, 6.07) is 7.04. The Bertz CT molecular complexity index is 654. The Hall–Kier alpha value is -1.27. The van der Waals surface area contributed by atoms with Gasteiger partial charge in [0.1, 0.15) is 0 Å². The maximum atomic E-state index is 10.9. The summed E-state index contributed by atoms with van der Waals surface area (Å²) in [4.78, 5) is 13.2. The van der Waals surface area contributed by atoms with Crippen molar-refractivity contribution in [1.82, 2.24) is 0 Å². The van der Waals surface area contributed by atoms with Gasteiger partial charge in [-0.05, 0) is 58.8 Å². The number of allylic oxidation sites excluding steroid dienone is 5. The minimum atomic E-state index is -0.894. The van der Waals surface area contributed by atoms with E-state index in [1.807, 2.05) is 22.3 Å². The molecule has 2 nitrogen and oxygen atoms in total. The van der Waals surface area contributed by atoms with Crippen LogP contribution in [0.3, 0.4) is 0 Å². The third-order valence-electron chi connectivity index (χ3n) is 3.38. The largest absolute Gasteiger partial charge is 0.478 e. The van der Waals surface area contributed by atoms with Gasteiger partial charge in [-0.3, -0.25) is 0 Å².